The molecule has 0 aliphatic rings. The Morgan fingerprint density at radius 1 is 1.00 bits per heavy atom. The highest BCUT2D eigenvalue weighted by Gasteiger charge is 2.04. The average molecular weight is 324 g/mol. The molecule has 0 saturated heterocycles. The van der Waals surface area contributed by atoms with Gasteiger partial charge in [-0.3, -0.25) is 0 Å². The van der Waals surface area contributed by atoms with Gasteiger partial charge in [-0.05, 0) is 36.2 Å². The first-order valence-electron chi connectivity index (χ1n) is 7.06. The molecule has 0 bridgehead atoms. The van der Waals surface area contributed by atoms with Gasteiger partial charge in [-0.2, -0.15) is 0 Å². The molecule has 4 heteroatoms. The number of hydrogen-bond acceptors (Lipinski definition) is 2. The van der Waals surface area contributed by atoms with Crippen molar-refractivity contribution in [2.75, 3.05) is 6.54 Å². The Balaban J connectivity index is 2.00. The van der Waals surface area contributed by atoms with Gasteiger partial charge in [0.15, 0.2) is 0 Å². The predicted molar refractivity (Wildman–Crippen MR) is 89.2 cm³/mol. The Bertz CT molecular complexity index is 587. The number of ether oxygens (including phenoxy) is 1. The Kier molecular flexibility index (Phi) is 6.37. The highest BCUT2D eigenvalue weighted by Crippen LogP contribution is 2.27. The van der Waals surface area contributed by atoms with Crippen molar-refractivity contribution < 1.29 is 4.74 Å². The van der Waals surface area contributed by atoms with Gasteiger partial charge in [0.2, 0.25) is 0 Å². The minimum absolute atomic E-state index is 0.507. The van der Waals surface area contributed by atoms with E-state index in [4.69, 9.17) is 27.9 Å². The van der Waals surface area contributed by atoms with Gasteiger partial charge in [-0.15, -0.1) is 0 Å². The molecule has 0 aliphatic heterocycles. The highest BCUT2D eigenvalue weighted by atomic mass is 35.5. The summed E-state index contributed by atoms with van der Waals surface area (Å²) in [6, 6.07) is 13.6. The summed E-state index contributed by atoms with van der Waals surface area (Å²) in [5.41, 5.74) is 2.43. The molecule has 0 unspecified atom stereocenters. The van der Waals surface area contributed by atoms with Crippen molar-refractivity contribution in [3.05, 3.63) is 63.6 Å². The molecule has 0 fully saturated rings. The largest absolute Gasteiger partial charge is 0.489 e. The van der Waals surface area contributed by atoms with E-state index in [0.717, 1.165) is 25.3 Å². The van der Waals surface area contributed by atoms with E-state index in [9.17, 15) is 0 Å². The minimum Gasteiger partial charge on any atom is -0.489 e. The predicted octanol–water partition coefficient (Wildman–Crippen LogP) is 5.07. The molecule has 0 spiro atoms. The third-order valence-electron chi connectivity index (χ3n) is 3.15. The lowest BCUT2D eigenvalue weighted by Gasteiger charge is -2.12. The van der Waals surface area contributed by atoms with Crippen molar-refractivity contribution in [3.63, 3.8) is 0 Å². The van der Waals surface area contributed by atoms with Crippen molar-refractivity contribution in [2.24, 2.45) is 0 Å². The van der Waals surface area contributed by atoms with Gasteiger partial charge >= 0.3 is 0 Å². The molecule has 1 N–H and O–H groups in total. The lowest BCUT2D eigenvalue weighted by molar-refractivity contribution is 0.304. The Morgan fingerprint density at radius 3 is 2.48 bits per heavy atom. The van der Waals surface area contributed by atoms with Crippen molar-refractivity contribution in [2.45, 2.75) is 26.5 Å². The van der Waals surface area contributed by atoms with Crippen molar-refractivity contribution in [1.29, 1.82) is 0 Å². The van der Waals surface area contributed by atoms with E-state index in [-0.39, 0.29) is 0 Å². The van der Waals surface area contributed by atoms with E-state index in [2.05, 4.69) is 24.4 Å². The summed E-state index contributed by atoms with van der Waals surface area (Å²) in [5, 5.41) is 4.45. The molecular weight excluding hydrogens is 305 g/mol. The Hall–Kier alpha value is -1.22. The van der Waals surface area contributed by atoms with Gasteiger partial charge in [0.25, 0.3) is 0 Å². The van der Waals surface area contributed by atoms with Crippen LogP contribution in [0.15, 0.2) is 42.5 Å². The number of halogens is 2. The van der Waals surface area contributed by atoms with Crippen LogP contribution in [0.5, 0.6) is 5.75 Å². The maximum Gasteiger partial charge on any atom is 0.121 e. The molecule has 2 aromatic carbocycles. The third kappa shape index (κ3) is 4.92. The second-order valence-electron chi connectivity index (χ2n) is 4.81. The summed E-state index contributed by atoms with van der Waals surface area (Å²) >= 11 is 11.9. The quantitative estimate of drug-likeness (QED) is 0.718. The van der Waals surface area contributed by atoms with E-state index in [1.54, 1.807) is 12.1 Å². The molecule has 112 valence electrons. The molecule has 0 radical (unpaired) electrons. The fraction of sp³-hybridized carbons (Fsp3) is 0.294. The van der Waals surface area contributed by atoms with E-state index >= 15 is 0 Å². The summed E-state index contributed by atoms with van der Waals surface area (Å²) in [5.74, 6) is 0.723. The van der Waals surface area contributed by atoms with E-state index in [0.29, 0.717) is 16.7 Å². The van der Waals surface area contributed by atoms with Crippen molar-refractivity contribution in [3.8, 4) is 5.75 Å². The number of rotatable bonds is 7. The minimum atomic E-state index is 0.507. The zero-order valence-corrected chi connectivity index (χ0v) is 13.5. The molecule has 2 rings (SSSR count). The standard InChI is InChI=1S/C17H19Cl2NO/c1-2-9-20-11-13-5-3-4-6-14(13)12-21-15-7-8-16(18)17(19)10-15/h3-8,10,20H,2,9,11-12H2,1H3. The lowest BCUT2D eigenvalue weighted by Crippen LogP contribution is -2.15. The lowest BCUT2D eigenvalue weighted by atomic mass is 10.1. The van der Waals surface area contributed by atoms with Crippen LogP contribution in [0.25, 0.3) is 0 Å². The van der Waals surface area contributed by atoms with Crippen LogP contribution in [-0.4, -0.2) is 6.54 Å². The van der Waals surface area contributed by atoms with Crippen LogP contribution in [0.2, 0.25) is 10.0 Å². The Morgan fingerprint density at radius 2 is 1.76 bits per heavy atom. The molecule has 0 amide bonds. The molecule has 0 saturated carbocycles. The molecule has 0 atom stereocenters. The topological polar surface area (TPSA) is 21.3 Å². The molecular formula is C17H19Cl2NO. The first-order chi connectivity index (χ1) is 10.2. The molecule has 0 heterocycles. The van der Waals surface area contributed by atoms with Crippen LogP contribution in [0.3, 0.4) is 0 Å². The normalized spacial score (nSPS) is 10.6. The fourth-order valence-electron chi connectivity index (χ4n) is 2.00. The summed E-state index contributed by atoms with van der Waals surface area (Å²) in [6.45, 7) is 4.55. The zero-order chi connectivity index (χ0) is 15.1. The maximum absolute atomic E-state index is 5.99. The summed E-state index contributed by atoms with van der Waals surface area (Å²) in [7, 11) is 0. The van der Waals surface area contributed by atoms with Gasteiger partial charge < -0.3 is 10.1 Å². The number of nitrogens with one attached hydrogen (secondary N) is 1. The molecule has 2 aromatic rings. The first kappa shape index (κ1) is 16.2. The second-order valence-corrected chi connectivity index (χ2v) is 5.62. The monoisotopic (exact) mass is 323 g/mol. The molecule has 0 aromatic heterocycles. The van der Waals surface area contributed by atoms with E-state index in [1.807, 2.05) is 18.2 Å². The molecule has 21 heavy (non-hydrogen) atoms. The van der Waals surface area contributed by atoms with E-state index in [1.165, 1.54) is 11.1 Å². The van der Waals surface area contributed by atoms with Gasteiger partial charge in [-0.25, -0.2) is 0 Å². The van der Waals surface area contributed by atoms with Crippen LogP contribution in [0, 0.1) is 0 Å². The van der Waals surface area contributed by atoms with E-state index < -0.39 is 0 Å². The number of hydrogen-bond donors (Lipinski definition) is 1. The van der Waals surface area contributed by atoms with Crippen LogP contribution < -0.4 is 10.1 Å². The van der Waals surface area contributed by atoms with Crippen LogP contribution in [0.4, 0.5) is 0 Å². The second kappa shape index (κ2) is 8.28. The van der Waals surface area contributed by atoms with Gasteiger partial charge in [0.1, 0.15) is 12.4 Å². The van der Waals surface area contributed by atoms with Gasteiger partial charge in [-0.1, -0.05) is 54.4 Å². The maximum atomic E-state index is 5.99. The smallest absolute Gasteiger partial charge is 0.121 e. The van der Waals surface area contributed by atoms with Gasteiger partial charge in [0, 0.05) is 12.6 Å². The summed E-state index contributed by atoms with van der Waals surface area (Å²) in [4.78, 5) is 0. The highest BCUT2D eigenvalue weighted by molar-refractivity contribution is 6.42. The van der Waals surface area contributed by atoms with Crippen molar-refractivity contribution in [1.82, 2.24) is 5.32 Å². The summed E-state index contributed by atoms with van der Waals surface area (Å²) < 4.78 is 5.80. The van der Waals surface area contributed by atoms with Crippen molar-refractivity contribution >= 4 is 23.2 Å². The fourth-order valence-corrected chi connectivity index (χ4v) is 2.29. The first-order valence-corrected chi connectivity index (χ1v) is 7.81. The molecule has 2 nitrogen and oxygen atoms in total. The average Bonchev–Trinajstić information content (AvgIpc) is 2.50. The summed E-state index contributed by atoms with van der Waals surface area (Å²) in [6.07, 6.45) is 1.13. The van der Waals surface area contributed by atoms with Crippen LogP contribution >= 0.6 is 23.2 Å². The third-order valence-corrected chi connectivity index (χ3v) is 3.89. The van der Waals surface area contributed by atoms with Gasteiger partial charge in [0.05, 0.1) is 10.0 Å². The Labute approximate surface area is 136 Å². The van der Waals surface area contributed by atoms with Crippen LogP contribution in [-0.2, 0) is 13.2 Å². The molecule has 0 aliphatic carbocycles. The number of benzene rings is 2. The SMILES string of the molecule is CCCNCc1ccccc1COc1ccc(Cl)c(Cl)c1. The van der Waals surface area contributed by atoms with Crippen LogP contribution in [0.1, 0.15) is 24.5 Å². The zero-order valence-electron chi connectivity index (χ0n) is 12.0.